The number of fused-ring (bicyclic) bond motifs is 3. The maximum atomic E-state index is 2.48. The Balaban J connectivity index is 1.65. The van der Waals surface area contributed by atoms with Gasteiger partial charge in [-0.05, 0) is 69.4 Å². The normalized spacial score (nSPS) is 17.0. The average molecular weight is 425 g/mol. The Morgan fingerprint density at radius 1 is 0.875 bits per heavy atom. The highest BCUT2D eigenvalue weighted by Crippen LogP contribution is 2.48. The minimum atomic E-state index is 0.160. The Kier molecular flexibility index (Phi) is 6.10. The molecule has 0 N–H and O–H groups in total. The number of allylic oxidation sites excluding steroid dienone is 6. The molecule has 2 aliphatic rings. The van der Waals surface area contributed by atoms with Gasteiger partial charge in [0, 0.05) is 5.92 Å². The molecule has 168 valence electrons. The van der Waals surface area contributed by atoms with Gasteiger partial charge in [0.1, 0.15) is 0 Å². The highest BCUT2D eigenvalue weighted by Gasteiger charge is 2.30. The van der Waals surface area contributed by atoms with Gasteiger partial charge in [-0.15, -0.1) is 0 Å². The maximum Gasteiger partial charge on any atom is 0.0282 e. The third-order valence-electron chi connectivity index (χ3n) is 7.32. The topological polar surface area (TPSA) is 0 Å². The summed E-state index contributed by atoms with van der Waals surface area (Å²) in [6, 6.07) is 14.3. The molecule has 0 bridgehead atoms. The lowest BCUT2D eigenvalue weighted by Gasteiger charge is -2.21. The monoisotopic (exact) mass is 424 g/mol. The summed E-state index contributed by atoms with van der Waals surface area (Å²) in [5.74, 6) is 1.02. The summed E-state index contributed by atoms with van der Waals surface area (Å²) in [6.07, 6.45) is 15.2. The van der Waals surface area contributed by atoms with E-state index in [0.717, 1.165) is 12.8 Å². The predicted molar refractivity (Wildman–Crippen MR) is 140 cm³/mol. The Hall–Kier alpha value is -2.34. The van der Waals surface area contributed by atoms with Gasteiger partial charge >= 0.3 is 0 Å². The number of hydrogen-bond donors (Lipinski definition) is 0. The van der Waals surface area contributed by atoms with Crippen molar-refractivity contribution >= 4 is 0 Å². The molecule has 0 aromatic heterocycles. The fraction of sp³-hybridized carbons (Fsp3) is 0.438. The molecule has 0 heteroatoms. The van der Waals surface area contributed by atoms with Crippen molar-refractivity contribution < 1.29 is 0 Å². The molecule has 4 rings (SSSR count). The van der Waals surface area contributed by atoms with Crippen molar-refractivity contribution in [3.05, 3.63) is 94.6 Å². The maximum absolute atomic E-state index is 2.48. The van der Waals surface area contributed by atoms with Crippen LogP contribution in [0, 0.1) is 5.92 Å². The summed E-state index contributed by atoms with van der Waals surface area (Å²) < 4.78 is 0. The number of benzene rings is 2. The minimum absolute atomic E-state index is 0.160. The third kappa shape index (κ3) is 4.56. The summed E-state index contributed by atoms with van der Waals surface area (Å²) in [4.78, 5) is 0. The van der Waals surface area contributed by atoms with Gasteiger partial charge < -0.3 is 0 Å². The molecule has 0 amide bonds. The molecule has 0 saturated carbocycles. The molecule has 0 saturated heterocycles. The van der Waals surface area contributed by atoms with E-state index in [9.17, 15) is 0 Å². The van der Waals surface area contributed by atoms with E-state index in [0.29, 0.717) is 11.8 Å². The molecule has 0 aliphatic heterocycles. The number of hydrogen-bond acceptors (Lipinski definition) is 0. The zero-order chi connectivity index (χ0) is 23.1. The van der Waals surface area contributed by atoms with Crippen LogP contribution in [0.25, 0.3) is 11.1 Å². The molecule has 0 heterocycles. The highest BCUT2D eigenvalue weighted by molar-refractivity contribution is 5.80. The zero-order valence-corrected chi connectivity index (χ0v) is 21.1. The fourth-order valence-corrected chi connectivity index (χ4v) is 5.03. The molecule has 1 atom stereocenters. The summed E-state index contributed by atoms with van der Waals surface area (Å²) in [6.45, 7) is 16.3. The first-order valence-electron chi connectivity index (χ1n) is 12.4. The summed E-state index contributed by atoms with van der Waals surface area (Å²) in [5.41, 5.74) is 10.5. The molecule has 32 heavy (non-hydrogen) atoms. The van der Waals surface area contributed by atoms with Crippen molar-refractivity contribution in [1.29, 1.82) is 0 Å². The molecule has 2 aromatic rings. The van der Waals surface area contributed by atoms with Crippen LogP contribution in [0.5, 0.6) is 0 Å². The van der Waals surface area contributed by atoms with Crippen LogP contribution in [0.15, 0.2) is 72.4 Å². The van der Waals surface area contributed by atoms with E-state index in [-0.39, 0.29) is 10.8 Å². The van der Waals surface area contributed by atoms with Crippen molar-refractivity contribution in [2.75, 3.05) is 0 Å². The van der Waals surface area contributed by atoms with Gasteiger partial charge in [-0.1, -0.05) is 121 Å². The molecule has 0 radical (unpaired) electrons. The van der Waals surface area contributed by atoms with Crippen LogP contribution in [0.3, 0.4) is 0 Å². The highest BCUT2D eigenvalue weighted by atomic mass is 14.3. The first-order chi connectivity index (χ1) is 15.1. The summed E-state index contributed by atoms with van der Waals surface area (Å²) in [5, 5.41) is 0. The average Bonchev–Trinajstić information content (AvgIpc) is 3.36. The second-order valence-electron chi connectivity index (χ2n) is 11.9. The smallest absolute Gasteiger partial charge is 0.0282 e. The quantitative estimate of drug-likeness (QED) is 0.419. The predicted octanol–water partition coefficient (Wildman–Crippen LogP) is 9.25. The molecule has 0 unspecified atom stereocenters. The van der Waals surface area contributed by atoms with Crippen molar-refractivity contribution in [1.82, 2.24) is 0 Å². The summed E-state index contributed by atoms with van der Waals surface area (Å²) >= 11 is 0. The van der Waals surface area contributed by atoms with E-state index in [1.54, 1.807) is 5.57 Å². The largest absolute Gasteiger partial charge is 0.0876 e. The van der Waals surface area contributed by atoms with Crippen molar-refractivity contribution in [2.45, 2.75) is 84.5 Å². The molecule has 2 aromatic carbocycles. The first kappa shape index (κ1) is 22.8. The van der Waals surface area contributed by atoms with Crippen LogP contribution < -0.4 is 0 Å². The lowest BCUT2D eigenvalue weighted by molar-refractivity contribution is 0.589. The van der Waals surface area contributed by atoms with Gasteiger partial charge in [-0.3, -0.25) is 0 Å². The van der Waals surface area contributed by atoms with E-state index in [2.05, 4.69) is 115 Å². The Morgan fingerprint density at radius 2 is 1.44 bits per heavy atom. The van der Waals surface area contributed by atoms with Crippen molar-refractivity contribution in [3.63, 3.8) is 0 Å². The van der Waals surface area contributed by atoms with Crippen LogP contribution in [0.1, 0.15) is 95.9 Å². The molecule has 2 aliphatic carbocycles. The third-order valence-corrected chi connectivity index (χ3v) is 7.32. The second kappa shape index (κ2) is 8.54. The van der Waals surface area contributed by atoms with Gasteiger partial charge in [0.15, 0.2) is 0 Å². The molecule has 0 nitrogen and oxygen atoms in total. The molecule has 0 fully saturated rings. The van der Waals surface area contributed by atoms with Crippen LogP contribution in [-0.4, -0.2) is 0 Å². The lowest BCUT2D eigenvalue weighted by atomic mass is 9.83. The Labute approximate surface area is 196 Å². The zero-order valence-electron chi connectivity index (χ0n) is 21.1. The lowest BCUT2D eigenvalue weighted by Crippen LogP contribution is -2.12. The van der Waals surface area contributed by atoms with Crippen LogP contribution >= 0.6 is 0 Å². The Bertz CT molecular complexity index is 1010. The van der Waals surface area contributed by atoms with E-state index in [4.69, 9.17) is 0 Å². The molecule has 0 spiro atoms. The van der Waals surface area contributed by atoms with Gasteiger partial charge in [0.25, 0.3) is 0 Å². The Morgan fingerprint density at radius 3 is 1.91 bits per heavy atom. The summed E-state index contributed by atoms with van der Waals surface area (Å²) in [7, 11) is 0. The second-order valence-corrected chi connectivity index (χ2v) is 11.9. The van der Waals surface area contributed by atoms with Gasteiger partial charge in [0.2, 0.25) is 0 Å². The van der Waals surface area contributed by atoms with Crippen LogP contribution in [0.4, 0.5) is 0 Å². The first-order valence-corrected chi connectivity index (χ1v) is 12.4. The van der Waals surface area contributed by atoms with Crippen LogP contribution in [0.2, 0.25) is 0 Å². The van der Waals surface area contributed by atoms with E-state index < -0.39 is 0 Å². The van der Waals surface area contributed by atoms with E-state index >= 15 is 0 Å². The molecular formula is C32H40. The molecular weight excluding hydrogens is 384 g/mol. The van der Waals surface area contributed by atoms with Crippen molar-refractivity contribution in [2.24, 2.45) is 5.92 Å². The van der Waals surface area contributed by atoms with E-state index in [1.165, 1.54) is 39.8 Å². The minimum Gasteiger partial charge on any atom is -0.0876 e. The van der Waals surface area contributed by atoms with Gasteiger partial charge in [0.05, 0.1) is 0 Å². The van der Waals surface area contributed by atoms with Crippen LogP contribution in [-0.2, 0) is 10.8 Å². The number of rotatable bonds is 5. The van der Waals surface area contributed by atoms with E-state index in [1.807, 2.05) is 0 Å². The standard InChI is InChI=1S/C32H40/c1-22(23-13-9-10-14-23)12-8-11-15-26-29-20-24(31(2,3)4)16-18-27(29)28-19-17-25(21-30(26)28)32(5,6)7/h9-11,13,15-22,26H,8,12,14H2,1-7H3/t22-/m1/s1. The fourth-order valence-electron chi connectivity index (χ4n) is 5.03. The van der Waals surface area contributed by atoms with Gasteiger partial charge in [-0.25, -0.2) is 0 Å². The van der Waals surface area contributed by atoms with Gasteiger partial charge in [-0.2, -0.15) is 0 Å². The van der Waals surface area contributed by atoms with Crippen molar-refractivity contribution in [3.8, 4) is 11.1 Å². The SMILES string of the molecule is C[C@H](CCC=CC1c2cc(C(C)(C)C)ccc2-c2ccc(C(C)(C)C)cc21)C1=CC=CC1.